The van der Waals surface area contributed by atoms with E-state index in [1.165, 1.54) is 0 Å². The minimum atomic E-state index is 0.0847. The molecule has 0 radical (unpaired) electrons. The molecule has 2 aliphatic carbocycles. The predicted octanol–water partition coefficient (Wildman–Crippen LogP) is 0.909. The molecule has 0 saturated heterocycles. The number of allylic oxidation sites excluding steroid dienone is 3. The van der Waals surface area contributed by atoms with Gasteiger partial charge in [-0.05, 0) is 18.9 Å². The largest absolute Gasteiger partial charge is 0.295 e. The van der Waals surface area contributed by atoms with Crippen LogP contribution in [0.1, 0.15) is 12.8 Å². The highest BCUT2D eigenvalue weighted by Crippen LogP contribution is 2.38. The lowest BCUT2D eigenvalue weighted by atomic mass is 9.94. The molecule has 2 atom stereocenters. The average molecular weight is 148 g/mol. The van der Waals surface area contributed by atoms with Gasteiger partial charge in [0.25, 0.3) is 0 Å². The SMILES string of the molecule is O=C=C1CC2CC1C=CC2=O. The maximum absolute atomic E-state index is 11.1. The number of rotatable bonds is 0. The van der Waals surface area contributed by atoms with Crippen molar-refractivity contribution in [3.8, 4) is 0 Å². The monoisotopic (exact) mass is 148 g/mol. The van der Waals surface area contributed by atoms with Crippen molar-refractivity contribution in [3.05, 3.63) is 17.7 Å². The van der Waals surface area contributed by atoms with Gasteiger partial charge < -0.3 is 0 Å². The first kappa shape index (κ1) is 6.56. The summed E-state index contributed by atoms with van der Waals surface area (Å²) < 4.78 is 0. The van der Waals surface area contributed by atoms with E-state index in [4.69, 9.17) is 0 Å². The molecule has 0 aliphatic heterocycles. The summed E-state index contributed by atoms with van der Waals surface area (Å²) in [4.78, 5) is 21.4. The van der Waals surface area contributed by atoms with E-state index in [-0.39, 0.29) is 17.6 Å². The molecule has 2 aliphatic rings. The minimum absolute atomic E-state index is 0.0847. The summed E-state index contributed by atoms with van der Waals surface area (Å²) in [5.41, 5.74) is 0.775. The van der Waals surface area contributed by atoms with Crippen LogP contribution >= 0.6 is 0 Å². The molecule has 2 rings (SSSR count). The molecule has 2 nitrogen and oxygen atoms in total. The van der Waals surface area contributed by atoms with Gasteiger partial charge in [-0.15, -0.1) is 0 Å². The Morgan fingerprint density at radius 2 is 2.36 bits per heavy atom. The van der Waals surface area contributed by atoms with Gasteiger partial charge in [0.05, 0.1) is 0 Å². The zero-order valence-corrected chi connectivity index (χ0v) is 6.04. The molecule has 0 aromatic rings. The van der Waals surface area contributed by atoms with Crippen molar-refractivity contribution in [2.24, 2.45) is 11.8 Å². The van der Waals surface area contributed by atoms with Crippen LogP contribution < -0.4 is 0 Å². The molecule has 56 valence electrons. The fourth-order valence-electron chi connectivity index (χ4n) is 1.82. The first-order chi connectivity index (χ1) is 5.31. The van der Waals surface area contributed by atoms with Crippen LogP contribution in [0.15, 0.2) is 17.7 Å². The van der Waals surface area contributed by atoms with Crippen LogP contribution in [-0.2, 0) is 9.59 Å². The number of hydrogen-bond acceptors (Lipinski definition) is 2. The molecule has 0 heterocycles. The number of carbonyl (C=O) groups is 1. The van der Waals surface area contributed by atoms with E-state index < -0.39 is 0 Å². The predicted molar refractivity (Wildman–Crippen MR) is 39.6 cm³/mol. The van der Waals surface area contributed by atoms with Gasteiger partial charge >= 0.3 is 0 Å². The highest BCUT2D eigenvalue weighted by Gasteiger charge is 2.35. The van der Waals surface area contributed by atoms with Gasteiger partial charge in [-0.3, -0.25) is 4.79 Å². The van der Waals surface area contributed by atoms with Crippen molar-refractivity contribution in [1.82, 2.24) is 0 Å². The number of fused-ring (bicyclic) bond motifs is 2. The van der Waals surface area contributed by atoms with Crippen LogP contribution in [0.2, 0.25) is 0 Å². The normalized spacial score (nSPS) is 34.2. The van der Waals surface area contributed by atoms with E-state index in [0.29, 0.717) is 6.42 Å². The third-order valence-electron chi connectivity index (χ3n) is 2.48. The maximum Gasteiger partial charge on any atom is 0.158 e. The van der Waals surface area contributed by atoms with E-state index in [9.17, 15) is 9.59 Å². The van der Waals surface area contributed by atoms with Gasteiger partial charge in [0.1, 0.15) is 5.94 Å². The van der Waals surface area contributed by atoms with Crippen molar-refractivity contribution in [2.75, 3.05) is 0 Å². The third kappa shape index (κ3) is 0.873. The van der Waals surface area contributed by atoms with Crippen LogP contribution in [0.3, 0.4) is 0 Å². The Kier molecular flexibility index (Phi) is 1.30. The van der Waals surface area contributed by atoms with Gasteiger partial charge in [0.2, 0.25) is 0 Å². The minimum Gasteiger partial charge on any atom is -0.295 e. The van der Waals surface area contributed by atoms with E-state index in [1.807, 2.05) is 12.0 Å². The standard InChI is InChI=1S/C9H8O2/c10-5-8-4-7-3-6(8)1-2-9(7)11/h1-2,6-7H,3-4H2. The molecular weight excluding hydrogens is 140 g/mol. The molecule has 2 heteroatoms. The third-order valence-corrected chi connectivity index (χ3v) is 2.48. The number of carbonyl (C=O) groups excluding carboxylic acids is 2. The van der Waals surface area contributed by atoms with E-state index in [0.717, 1.165) is 12.0 Å². The van der Waals surface area contributed by atoms with Gasteiger partial charge in [0, 0.05) is 17.4 Å². The summed E-state index contributed by atoms with van der Waals surface area (Å²) in [6.45, 7) is 0. The van der Waals surface area contributed by atoms with Crippen LogP contribution in [-0.4, -0.2) is 11.7 Å². The lowest BCUT2D eigenvalue weighted by Gasteiger charge is -2.08. The molecule has 0 N–H and O–H groups in total. The molecule has 2 unspecified atom stereocenters. The zero-order chi connectivity index (χ0) is 7.84. The summed E-state index contributed by atoms with van der Waals surface area (Å²) >= 11 is 0. The van der Waals surface area contributed by atoms with Crippen molar-refractivity contribution in [3.63, 3.8) is 0 Å². The summed E-state index contributed by atoms with van der Waals surface area (Å²) in [6, 6.07) is 0. The lowest BCUT2D eigenvalue weighted by molar-refractivity contribution is -0.118. The topological polar surface area (TPSA) is 34.1 Å². The molecule has 0 amide bonds. The summed E-state index contributed by atoms with van der Waals surface area (Å²) in [7, 11) is 0. The van der Waals surface area contributed by atoms with Crippen molar-refractivity contribution < 1.29 is 9.59 Å². The Labute approximate surface area is 64.6 Å². The Balaban J connectivity index is 2.39. The first-order valence-electron chi connectivity index (χ1n) is 3.77. The number of ketones is 1. The molecule has 1 fully saturated rings. The molecule has 0 aromatic carbocycles. The molecule has 2 bridgehead atoms. The Bertz CT molecular complexity index is 282. The average Bonchev–Trinajstić information content (AvgIpc) is 2.37. The van der Waals surface area contributed by atoms with Gasteiger partial charge in [0.15, 0.2) is 5.78 Å². The van der Waals surface area contributed by atoms with Crippen LogP contribution in [0.25, 0.3) is 0 Å². The quantitative estimate of drug-likeness (QED) is 0.478. The maximum atomic E-state index is 11.1. The van der Waals surface area contributed by atoms with Crippen LogP contribution in [0.4, 0.5) is 0 Å². The second-order valence-corrected chi connectivity index (χ2v) is 3.13. The highest BCUT2D eigenvalue weighted by molar-refractivity contribution is 5.94. The second kappa shape index (κ2) is 2.18. The Hall–Kier alpha value is -1.14. The van der Waals surface area contributed by atoms with Gasteiger partial charge in [-0.25, -0.2) is 4.79 Å². The second-order valence-electron chi connectivity index (χ2n) is 3.13. The molecular formula is C9H8O2. The van der Waals surface area contributed by atoms with Crippen molar-refractivity contribution in [2.45, 2.75) is 12.8 Å². The lowest BCUT2D eigenvalue weighted by Crippen LogP contribution is -2.11. The van der Waals surface area contributed by atoms with Crippen LogP contribution in [0.5, 0.6) is 0 Å². The fraction of sp³-hybridized carbons (Fsp3) is 0.444. The molecule has 0 spiro atoms. The molecule has 11 heavy (non-hydrogen) atoms. The van der Waals surface area contributed by atoms with E-state index in [1.54, 1.807) is 6.08 Å². The van der Waals surface area contributed by atoms with Crippen LogP contribution in [0, 0.1) is 11.8 Å². The van der Waals surface area contributed by atoms with E-state index >= 15 is 0 Å². The summed E-state index contributed by atoms with van der Waals surface area (Å²) in [6.07, 6.45) is 4.90. The first-order valence-corrected chi connectivity index (χ1v) is 3.77. The Morgan fingerprint density at radius 3 is 3.00 bits per heavy atom. The molecule has 1 saturated carbocycles. The smallest absolute Gasteiger partial charge is 0.158 e. The van der Waals surface area contributed by atoms with Crippen molar-refractivity contribution >= 4 is 11.7 Å². The number of hydrogen-bond donors (Lipinski definition) is 0. The summed E-state index contributed by atoms with van der Waals surface area (Å²) in [5, 5.41) is 0. The van der Waals surface area contributed by atoms with E-state index in [2.05, 4.69) is 0 Å². The summed E-state index contributed by atoms with van der Waals surface area (Å²) in [5.74, 6) is 2.39. The van der Waals surface area contributed by atoms with Gasteiger partial charge in [-0.1, -0.05) is 6.08 Å². The molecule has 0 aromatic heterocycles. The Morgan fingerprint density at radius 1 is 1.55 bits per heavy atom. The highest BCUT2D eigenvalue weighted by atomic mass is 16.1. The fourth-order valence-corrected chi connectivity index (χ4v) is 1.82. The van der Waals surface area contributed by atoms with Gasteiger partial charge in [-0.2, -0.15) is 0 Å². The zero-order valence-electron chi connectivity index (χ0n) is 6.04. The van der Waals surface area contributed by atoms with Crippen molar-refractivity contribution in [1.29, 1.82) is 0 Å².